The fraction of sp³-hybridized carbons (Fsp3) is 0.417. The summed E-state index contributed by atoms with van der Waals surface area (Å²) in [6.07, 6.45) is -0.365. The van der Waals surface area contributed by atoms with E-state index >= 15 is 0 Å². The predicted octanol–water partition coefficient (Wildman–Crippen LogP) is 1.36. The van der Waals surface area contributed by atoms with E-state index in [2.05, 4.69) is 0 Å². The molecule has 0 spiro atoms. The van der Waals surface area contributed by atoms with Crippen molar-refractivity contribution in [3.05, 3.63) is 29.8 Å². The molecular formula is C12H16N2O3S. The van der Waals surface area contributed by atoms with Crippen molar-refractivity contribution < 1.29 is 13.2 Å². The Kier molecular flexibility index (Phi) is 4.70. The van der Waals surface area contributed by atoms with Crippen LogP contribution in [0, 0.1) is 11.3 Å². The van der Waals surface area contributed by atoms with Crippen molar-refractivity contribution >= 4 is 15.7 Å². The molecule has 0 radical (unpaired) electrons. The van der Waals surface area contributed by atoms with Crippen molar-refractivity contribution in [2.24, 2.45) is 0 Å². The van der Waals surface area contributed by atoms with Gasteiger partial charge in [0.2, 0.25) is 10.0 Å². The van der Waals surface area contributed by atoms with Gasteiger partial charge in [0.25, 0.3) is 0 Å². The number of ether oxygens (including phenoxy) is 1. The lowest BCUT2D eigenvalue weighted by atomic mass is 10.2. The van der Waals surface area contributed by atoms with Crippen LogP contribution in [-0.4, -0.2) is 34.4 Å². The number of hydrogen-bond acceptors (Lipinski definition) is 4. The van der Waals surface area contributed by atoms with Crippen molar-refractivity contribution in [3.63, 3.8) is 0 Å². The lowest BCUT2D eigenvalue weighted by Crippen LogP contribution is -2.33. The minimum Gasteiger partial charge on any atom is -0.381 e. The van der Waals surface area contributed by atoms with Gasteiger partial charge in [-0.15, -0.1) is 0 Å². The van der Waals surface area contributed by atoms with Crippen molar-refractivity contribution in [1.82, 2.24) is 0 Å². The van der Waals surface area contributed by atoms with E-state index < -0.39 is 10.0 Å². The maximum absolute atomic E-state index is 12.0. The Hall–Kier alpha value is -1.58. The summed E-state index contributed by atoms with van der Waals surface area (Å²) in [6, 6.07) is 8.36. The van der Waals surface area contributed by atoms with Crippen molar-refractivity contribution in [2.45, 2.75) is 13.0 Å². The molecule has 1 aromatic carbocycles. The molecule has 1 aromatic rings. The van der Waals surface area contributed by atoms with Gasteiger partial charge < -0.3 is 4.74 Å². The summed E-state index contributed by atoms with van der Waals surface area (Å²) in [4.78, 5) is 0. The molecule has 0 aromatic heterocycles. The van der Waals surface area contributed by atoms with Gasteiger partial charge in [-0.3, -0.25) is 4.31 Å². The molecule has 0 N–H and O–H groups in total. The summed E-state index contributed by atoms with van der Waals surface area (Å²) in [5.74, 6) is -0.0833. The van der Waals surface area contributed by atoms with E-state index in [1.807, 2.05) is 6.07 Å². The fourth-order valence-electron chi connectivity index (χ4n) is 1.38. The number of hydrogen-bond donors (Lipinski definition) is 0. The second-order valence-electron chi connectivity index (χ2n) is 3.95. The molecule has 0 saturated heterocycles. The van der Waals surface area contributed by atoms with E-state index in [1.54, 1.807) is 31.2 Å². The summed E-state index contributed by atoms with van der Waals surface area (Å²) in [7, 11) is -0.460. The Morgan fingerprint density at radius 3 is 2.39 bits per heavy atom. The standard InChI is InChI=1S/C12H16N2O3S/c1-10(17-3)9-18(15,16)14(2)12-6-4-11(8-13)5-7-12/h4-7,10H,9H2,1-3H3. The van der Waals surface area contributed by atoms with E-state index in [0.717, 1.165) is 0 Å². The fourth-order valence-corrected chi connectivity index (χ4v) is 2.78. The number of rotatable bonds is 5. The first kappa shape index (κ1) is 14.5. The minimum atomic E-state index is -3.42. The molecule has 0 aliphatic heterocycles. The predicted molar refractivity (Wildman–Crippen MR) is 69.8 cm³/mol. The third-order valence-electron chi connectivity index (χ3n) is 2.62. The highest BCUT2D eigenvalue weighted by Crippen LogP contribution is 2.17. The zero-order valence-electron chi connectivity index (χ0n) is 10.6. The van der Waals surface area contributed by atoms with Crippen LogP contribution in [0.3, 0.4) is 0 Å². The van der Waals surface area contributed by atoms with Gasteiger partial charge in [-0.25, -0.2) is 8.42 Å². The summed E-state index contributed by atoms with van der Waals surface area (Å²) in [5.41, 5.74) is 1.02. The Morgan fingerprint density at radius 1 is 1.39 bits per heavy atom. The molecular weight excluding hydrogens is 252 g/mol. The van der Waals surface area contributed by atoms with Crippen LogP contribution in [0.1, 0.15) is 12.5 Å². The van der Waals surface area contributed by atoms with Crippen LogP contribution < -0.4 is 4.31 Å². The van der Waals surface area contributed by atoms with E-state index in [1.165, 1.54) is 18.5 Å². The highest BCUT2D eigenvalue weighted by molar-refractivity contribution is 7.92. The molecule has 0 aliphatic carbocycles. The molecule has 1 unspecified atom stereocenters. The largest absolute Gasteiger partial charge is 0.381 e. The molecule has 5 nitrogen and oxygen atoms in total. The summed E-state index contributed by atoms with van der Waals surface area (Å²) >= 11 is 0. The van der Waals surface area contributed by atoms with Gasteiger partial charge in [0.05, 0.1) is 29.2 Å². The maximum Gasteiger partial charge on any atom is 0.237 e. The van der Waals surface area contributed by atoms with Gasteiger partial charge in [0.1, 0.15) is 0 Å². The van der Waals surface area contributed by atoms with Gasteiger partial charge in [-0.2, -0.15) is 5.26 Å². The van der Waals surface area contributed by atoms with Crippen LogP contribution in [0.4, 0.5) is 5.69 Å². The van der Waals surface area contributed by atoms with E-state index in [9.17, 15) is 8.42 Å². The van der Waals surface area contributed by atoms with Gasteiger partial charge >= 0.3 is 0 Å². The van der Waals surface area contributed by atoms with E-state index in [0.29, 0.717) is 11.3 Å². The lowest BCUT2D eigenvalue weighted by Gasteiger charge is -2.21. The molecule has 0 heterocycles. The number of nitrogens with zero attached hydrogens (tertiary/aromatic N) is 2. The molecule has 98 valence electrons. The smallest absolute Gasteiger partial charge is 0.237 e. The van der Waals surface area contributed by atoms with Gasteiger partial charge in [-0.05, 0) is 31.2 Å². The molecule has 0 saturated carbocycles. The molecule has 0 aliphatic rings. The SMILES string of the molecule is COC(C)CS(=O)(=O)N(C)c1ccc(C#N)cc1. The molecule has 0 fully saturated rings. The maximum atomic E-state index is 12.0. The lowest BCUT2D eigenvalue weighted by molar-refractivity contribution is 0.136. The molecule has 0 bridgehead atoms. The van der Waals surface area contributed by atoms with E-state index in [4.69, 9.17) is 10.00 Å². The molecule has 1 atom stereocenters. The van der Waals surface area contributed by atoms with E-state index in [-0.39, 0.29) is 11.9 Å². The number of anilines is 1. The Morgan fingerprint density at radius 2 is 1.94 bits per heavy atom. The normalized spacial score (nSPS) is 12.8. The van der Waals surface area contributed by atoms with Gasteiger partial charge in [0, 0.05) is 14.2 Å². The first-order valence-electron chi connectivity index (χ1n) is 5.40. The quantitative estimate of drug-likeness (QED) is 0.808. The Bertz CT molecular complexity index is 531. The van der Waals surface area contributed by atoms with Crippen LogP contribution in [0.5, 0.6) is 0 Å². The van der Waals surface area contributed by atoms with Gasteiger partial charge in [-0.1, -0.05) is 0 Å². The van der Waals surface area contributed by atoms with Crippen LogP contribution in [0.15, 0.2) is 24.3 Å². The van der Waals surface area contributed by atoms with Crippen LogP contribution >= 0.6 is 0 Å². The first-order valence-corrected chi connectivity index (χ1v) is 7.01. The van der Waals surface area contributed by atoms with Crippen molar-refractivity contribution in [3.8, 4) is 6.07 Å². The zero-order valence-corrected chi connectivity index (χ0v) is 11.4. The topological polar surface area (TPSA) is 70.4 Å². The highest BCUT2D eigenvalue weighted by atomic mass is 32.2. The summed E-state index contributed by atoms with van der Waals surface area (Å²) < 4.78 is 30.2. The average Bonchev–Trinajstić information content (AvgIpc) is 2.37. The van der Waals surface area contributed by atoms with Crippen LogP contribution in [-0.2, 0) is 14.8 Å². The monoisotopic (exact) mass is 268 g/mol. The molecule has 6 heteroatoms. The molecule has 0 amide bonds. The summed E-state index contributed by atoms with van der Waals surface area (Å²) in [6.45, 7) is 1.70. The Balaban J connectivity index is 2.92. The van der Waals surface area contributed by atoms with Crippen LogP contribution in [0.25, 0.3) is 0 Å². The molecule has 1 rings (SSSR count). The van der Waals surface area contributed by atoms with Crippen molar-refractivity contribution in [1.29, 1.82) is 5.26 Å². The second-order valence-corrected chi connectivity index (χ2v) is 6.00. The third kappa shape index (κ3) is 3.45. The molecule has 18 heavy (non-hydrogen) atoms. The second kappa shape index (κ2) is 5.85. The summed E-state index contributed by atoms with van der Waals surface area (Å²) in [5, 5.41) is 8.68. The zero-order chi connectivity index (χ0) is 13.8. The Labute approximate surface area is 108 Å². The van der Waals surface area contributed by atoms with Gasteiger partial charge in [0.15, 0.2) is 0 Å². The minimum absolute atomic E-state index is 0.0833. The number of benzene rings is 1. The number of nitriles is 1. The number of sulfonamides is 1. The first-order chi connectivity index (χ1) is 8.40. The third-order valence-corrected chi connectivity index (χ3v) is 4.56. The van der Waals surface area contributed by atoms with Crippen LogP contribution in [0.2, 0.25) is 0 Å². The van der Waals surface area contributed by atoms with Crippen molar-refractivity contribution in [2.75, 3.05) is 24.2 Å². The average molecular weight is 268 g/mol. The highest BCUT2D eigenvalue weighted by Gasteiger charge is 2.21. The number of methoxy groups -OCH3 is 1.